The van der Waals surface area contributed by atoms with Gasteiger partial charge in [-0.2, -0.15) is 0 Å². The molecule has 0 radical (unpaired) electrons. The molecular weight excluding hydrogens is 216 g/mol. The molecule has 1 aliphatic rings. The summed E-state index contributed by atoms with van der Waals surface area (Å²) < 4.78 is 11.2. The maximum absolute atomic E-state index is 11.4. The molecule has 3 nitrogen and oxygen atoms in total. The fraction of sp³-hybridized carbons (Fsp3) is 0.357. The number of fused-ring (bicyclic) bond motifs is 3. The smallest absolute Gasteiger partial charge is 0.336 e. The van der Waals surface area contributed by atoms with Crippen LogP contribution in [-0.4, -0.2) is 6.10 Å². The third-order valence-electron chi connectivity index (χ3n) is 3.72. The second-order valence-corrected chi connectivity index (χ2v) is 5.09. The second kappa shape index (κ2) is 3.13. The molecule has 1 aromatic carbocycles. The van der Waals surface area contributed by atoms with E-state index in [-0.39, 0.29) is 17.1 Å². The van der Waals surface area contributed by atoms with Crippen molar-refractivity contribution in [3.8, 4) is 5.75 Å². The molecule has 2 aromatic rings. The highest BCUT2D eigenvalue weighted by atomic mass is 16.5. The van der Waals surface area contributed by atoms with Crippen LogP contribution >= 0.6 is 0 Å². The van der Waals surface area contributed by atoms with Crippen LogP contribution < -0.4 is 10.4 Å². The Morgan fingerprint density at radius 3 is 2.65 bits per heavy atom. The molecule has 17 heavy (non-hydrogen) atoms. The first kappa shape index (κ1) is 10.4. The highest BCUT2D eigenvalue weighted by molar-refractivity contribution is 5.84. The second-order valence-electron chi connectivity index (χ2n) is 5.09. The summed E-state index contributed by atoms with van der Waals surface area (Å²) in [6.07, 6.45) is 0.0774. The van der Waals surface area contributed by atoms with E-state index in [1.807, 2.05) is 19.1 Å². The summed E-state index contributed by atoms with van der Waals surface area (Å²) in [7, 11) is 0. The minimum Gasteiger partial charge on any atom is -0.489 e. The van der Waals surface area contributed by atoms with Crippen LogP contribution in [-0.2, 0) is 5.41 Å². The third kappa shape index (κ3) is 1.32. The van der Waals surface area contributed by atoms with Gasteiger partial charge < -0.3 is 9.15 Å². The Balaban J connectivity index is 2.44. The van der Waals surface area contributed by atoms with Gasteiger partial charge in [-0.1, -0.05) is 13.8 Å². The van der Waals surface area contributed by atoms with Gasteiger partial charge in [0.25, 0.3) is 0 Å². The number of ether oxygens (including phenoxy) is 1. The van der Waals surface area contributed by atoms with E-state index in [0.717, 1.165) is 16.7 Å². The highest BCUT2D eigenvalue weighted by Gasteiger charge is 2.41. The Morgan fingerprint density at radius 2 is 1.88 bits per heavy atom. The van der Waals surface area contributed by atoms with Crippen molar-refractivity contribution >= 4 is 11.0 Å². The average molecular weight is 230 g/mol. The van der Waals surface area contributed by atoms with Crippen LogP contribution in [0.2, 0.25) is 0 Å². The van der Waals surface area contributed by atoms with E-state index < -0.39 is 0 Å². The first-order valence-corrected chi connectivity index (χ1v) is 5.74. The quantitative estimate of drug-likeness (QED) is 0.653. The SMILES string of the molecule is CC1Oc2ccc3ccc(=O)oc3c2C1(C)C. The summed E-state index contributed by atoms with van der Waals surface area (Å²) in [6.45, 7) is 6.25. The van der Waals surface area contributed by atoms with Gasteiger partial charge in [-0.25, -0.2) is 4.79 Å². The molecule has 1 aromatic heterocycles. The van der Waals surface area contributed by atoms with Gasteiger partial charge in [0, 0.05) is 22.4 Å². The zero-order valence-electron chi connectivity index (χ0n) is 10.1. The van der Waals surface area contributed by atoms with Crippen molar-refractivity contribution in [1.29, 1.82) is 0 Å². The summed E-state index contributed by atoms with van der Waals surface area (Å²) in [5.74, 6) is 0.823. The first-order valence-electron chi connectivity index (χ1n) is 5.74. The van der Waals surface area contributed by atoms with Gasteiger partial charge in [0.2, 0.25) is 0 Å². The third-order valence-corrected chi connectivity index (χ3v) is 3.72. The van der Waals surface area contributed by atoms with E-state index in [2.05, 4.69) is 13.8 Å². The van der Waals surface area contributed by atoms with Crippen LogP contribution in [0.5, 0.6) is 5.75 Å². The molecule has 1 atom stereocenters. The van der Waals surface area contributed by atoms with Crippen molar-refractivity contribution in [2.75, 3.05) is 0 Å². The van der Waals surface area contributed by atoms with E-state index in [4.69, 9.17) is 9.15 Å². The van der Waals surface area contributed by atoms with Crippen molar-refractivity contribution in [3.05, 3.63) is 40.2 Å². The van der Waals surface area contributed by atoms with Crippen molar-refractivity contribution in [2.45, 2.75) is 32.3 Å². The molecule has 3 rings (SSSR count). The number of benzene rings is 1. The molecule has 0 amide bonds. The van der Waals surface area contributed by atoms with E-state index in [9.17, 15) is 4.79 Å². The highest BCUT2D eigenvalue weighted by Crippen LogP contribution is 2.45. The van der Waals surface area contributed by atoms with E-state index in [0.29, 0.717) is 5.58 Å². The summed E-state index contributed by atoms with van der Waals surface area (Å²) in [5, 5.41) is 0.939. The maximum Gasteiger partial charge on any atom is 0.336 e. The van der Waals surface area contributed by atoms with E-state index >= 15 is 0 Å². The normalized spacial score (nSPS) is 21.2. The topological polar surface area (TPSA) is 39.4 Å². The Labute approximate surface area is 99.0 Å². The molecule has 1 aliphatic heterocycles. The lowest BCUT2D eigenvalue weighted by Gasteiger charge is -2.22. The minimum absolute atomic E-state index is 0.0774. The number of hydrogen-bond donors (Lipinski definition) is 0. The molecule has 0 aliphatic carbocycles. The van der Waals surface area contributed by atoms with Crippen molar-refractivity contribution in [3.63, 3.8) is 0 Å². The fourth-order valence-corrected chi connectivity index (χ4v) is 2.36. The van der Waals surface area contributed by atoms with Crippen molar-refractivity contribution < 1.29 is 9.15 Å². The Kier molecular flexibility index (Phi) is 1.91. The van der Waals surface area contributed by atoms with E-state index in [1.54, 1.807) is 6.07 Å². The van der Waals surface area contributed by atoms with Crippen LogP contribution in [0.1, 0.15) is 26.3 Å². The maximum atomic E-state index is 11.4. The molecular formula is C14H14O3. The Bertz CT molecular complexity index is 652. The molecule has 0 N–H and O–H groups in total. The number of rotatable bonds is 0. The largest absolute Gasteiger partial charge is 0.489 e. The summed E-state index contributed by atoms with van der Waals surface area (Å²) in [4.78, 5) is 11.4. The van der Waals surface area contributed by atoms with Crippen LogP contribution in [0.3, 0.4) is 0 Å². The molecule has 0 spiro atoms. The van der Waals surface area contributed by atoms with Gasteiger partial charge in [-0.3, -0.25) is 0 Å². The summed E-state index contributed by atoms with van der Waals surface area (Å²) >= 11 is 0. The minimum atomic E-state index is -0.318. The van der Waals surface area contributed by atoms with Gasteiger partial charge in [0.15, 0.2) is 0 Å². The number of hydrogen-bond acceptors (Lipinski definition) is 3. The molecule has 0 saturated heterocycles. The molecule has 0 saturated carbocycles. The molecule has 0 fully saturated rings. The lowest BCUT2D eigenvalue weighted by molar-refractivity contribution is 0.185. The van der Waals surface area contributed by atoms with Crippen molar-refractivity contribution in [2.24, 2.45) is 0 Å². The van der Waals surface area contributed by atoms with Gasteiger partial charge in [0.1, 0.15) is 17.4 Å². The van der Waals surface area contributed by atoms with E-state index in [1.165, 1.54) is 6.07 Å². The Hall–Kier alpha value is -1.77. The van der Waals surface area contributed by atoms with Crippen LogP contribution in [0.25, 0.3) is 11.0 Å². The molecule has 3 heteroatoms. The first-order chi connectivity index (χ1) is 8.00. The van der Waals surface area contributed by atoms with Crippen LogP contribution in [0.4, 0.5) is 0 Å². The zero-order valence-corrected chi connectivity index (χ0v) is 10.1. The van der Waals surface area contributed by atoms with Crippen molar-refractivity contribution in [1.82, 2.24) is 0 Å². The fourth-order valence-electron chi connectivity index (χ4n) is 2.36. The van der Waals surface area contributed by atoms with Crippen LogP contribution in [0, 0.1) is 0 Å². The molecule has 2 heterocycles. The molecule has 1 unspecified atom stereocenters. The lowest BCUT2D eigenvalue weighted by atomic mass is 9.81. The van der Waals surface area contributed by atoms with Gasteiger partial charge in [-0.05, 0) is 25.1 Å². The van der Waals surface area contributed by atoms with Gasteiger partial charge >= 0.3 is 5.63 Å². The predicted molar refractivity (Wildman–Crippen MR) is 65.6 cm³/mol. The van der Waals surface area contributed by atoms with Gasteiger partial charge in [0.05, 0.1) is 0 Å². The lowest BCUT2D eigenvalue weighted by Crippen LogP contribution is -2.29. The summed E-state index contributed by atoms with van der Waals surface area (Å²) in [5.41, 5.74) is 1.19. The summed E-state index contributed by atoms with van der Waals surface area (Å²) in [6, 6.07) is 7.11. The monoisotopic (exact) mass is 230 g/mol. The molecule has 88 valence electrons. The average Bonchev–Trinajstić information content (AvgIpc) is 2.50. The van der Waals surface area contributed by atoms with Crippen LogP contribution in [0.15, 0.2) is 33.5 Å². The molecule has 0 bridgehead atoms. The zero-order chi connectivity index (χ0) is 12.2. The predicted octanol–water partition coefficient (Wildman–Crippen LogP) is 2.85. The Morgan fingerprint density at radius 1 is 1.18 bits per heavy atom. The standard InChI is InChI=1S/C14H14O3/c1-8-14(2,3)12-10(16-8)6-4-9-5-7-11(15)17-13(9)12/h4-8H,1-3H3. The van der Waals surface area contributed by atoms with Gasteiger partial charge in [-0.15, -0.1) is 0 Å².